The molecule has 1 aliphatic heterocycles. The number of alkyl halides is 1. The van der Waals surface area contributed by atoms with Crippen LogP contribution in [0.15, 0.2) is 0 Å². The lowest BCUT2D eigenvalue weighted by Gasteiger charge is -2.46. The van der Waals surface area contributed by atoms with E-state index >= 15 is 0 Å². The van der Waals surface area contributed by atoms with Gasteiger partial charge in [0.15, 0.2) is 0 Å². The highest BCUT2D eigenvalue weighted by Gasteiger charge is 2.43. The fraction of sp³-hybridized carbons (Fsp3) is 1.00. The highest BCUT2D eigenvalue weighted by Crippen LogP contribution is 2.31. The minimum Gasteiger partial charge on any atom is -0.294 e. The van der Waals surface area contributed by atoms with Gasteiger partial charge in [0, 0.05) is 19.1 Å². The first kappa shape index (κ1) is 12.9. The van der Waals surface area contributed by atoms with Crippen LogP contribution in [0.1, 0.15) is 47.5 Å². The van der Waals surface area contributed by atoms with Gasteiger partial charge >= 0.3 is 0 Å². The lowest BCUT2D eigenvalue weighted by molar-refractivity contribution is -0.0549. The third-order valence-electron chi connectivity index (χ3n) is 2.40. The summed E-state index contributed by atoms with van der Waals surface area (Å²) in [4.78, 5) is 2.18. The van der Waals surface area contributed by atoms with Crippen molar-refractivity contribution in [1.29, 1.82) is 0 Å². The van der Waals surface area contributed by atoms with Crippen molar-refractivity contribution in [1.82, 2.24) is 4.90 Å². The van der Waals surface area contributed by atoms with Crippen molar-refractivity contribution in [3.8, 4) is 0 Å². The average Bonchev–Trinajstić information content (AvgIpc) is 2.04. The Kier molecular flexibility index (Phi) is 5.54. The molecule has 1 heterocycles. The molecule has 0 aliphatic carbocycles. The van der Waals surface area contributed by atoms with Crippen LogP contribution in [0, 0.1) is 0 Å². The van der Waals surface area contributed by atoms with Gasteiger partial charge < -0.3 is 0 Å². The molecule has 1 nitrogen and oxygen atoms in total. The van der Waals surface area contributed by atoms with E-state index < -0.39 is 5.67 Å². The van der Waals surface area contributed by atoms with Crippen molar-refractivity contribution in [3.05, 3.63) is 0 Å². The number of rotatable bonds is 3. The van der Waals surface area contributed by atoms with Crippen LogP contribution in [-0.2, 0) is 0 Å². The molecule has 0 aromatic rings. The van der Waals surface area contributed by atoms with Gasteiger partial charge in [-0.3, -0.25) is 4.90 Å². The summed E-state index contributed by atoms with van der Waals surface area (Å²) in [6.45, 7) is 11.6. The molecule has 1 aliphatic rings. The minimum atomic E-state index is -0.848. The molecule has 0 aromatic carbocycles. The summed E-state index contributed by atoms with van der Waals surface area (Å²) in [7, 11) is 0. The standard InChI is InChI=1S/C9H18FN.C2H6/c1-4-5-9(10)6-11(7-9)8(2)3;1-2/h8H,4-7H2,1-3H3;1-2H3. The number of hydrogen-bond donors (Lipinski definition) is 0. The molecule has 0 N–H and O–H groups in total. The third-order valence-corrected chi connectivity index (χ3v) is 2.40. The largest absolute Gasteiger partial charge is 0.294 e. The number of hydrogen-bond acceptors (Lipinski definition) is 1. The fourth-order valence-electron chi connectivity index (χ4n) is 1.65. The maximum Gasteiger partial charge on any atom is 0.136 e. The van der Waals surface area contributed by atoms with Gasteiger partial charge in [-0.25, -0.2) is 4.39 Å². The van der Waals surface area contributed by atoms with E-state index in [0.29, 0.717) is 19.1 Å². The summed E-state index contributed by atoms with van der Waals surface area (Å²) in [6, 6.07) is 0.510. The molecule has 0 atom stereocenters. The Bertz CT molecular complexity index is 128. The number of nitrogens with zero attached hydrogens (tertiary/aromatic N) is 1. The van der Waals surface area contributed by atoms with Crippen molar-refractivity contribution < 1.29 is 4.39 Å². The monoisotopic (exact) mass is 189 g/mol. The zero-order chi connectivity index (χ0) is 10.5. The Balaban J connectivity index is 0.000000671. The Morgan fingerprint density at radius 1 is 1.31 bits per heavy atom. The van der Waals surface area contributed by atoms with Crippen molar-refractivity contribution >= 4 is 0 Å². The Morgan fingerprint density at radius 3 is 2.08 bits per heavy atom. The highest BCUT2D eigenvalue weighted by molar-refractivity contribution is 4.96. The van der Waals surface area contributed by atoms with E-state index in [1.54, 1.807) is 0 Å². The molecule has 0 amide bonds. The van der Waals surface area contributed by atoms with Gasteiger partial charge in [-0.2, -0.15) is 0 Å². The maximum absolute atomic E-state index is 13.5. The molecule has 0 unspecified atom stereocenters. The molecule has 1 saturated heterocycles. The Labute approximate surface area is 82.3 Å². The summed E-state index contributed by atoms with van der Waals surface area (Å²) in [6.07, 6.45) is 1.69. The lowest BCUT2D eigenvalue weighted by Crippen LogP contribution is -2.60. The van der Waals surface area contributed by atoms with E-state index in [0.717, 1.165) is 12.8 Å². The van der Waals surface area contributed by atoms with E-state index in [1.807, 2.05) is 20.8 Å². The summed E-state index contributed by atoms with van der Waals surface area (Å²) >= 11 is 0. The summed E-state index contributed by atoms with van der Waals surface area (Å²) in [5.74, 6) is 0. The van der Waals surface area contributed by atoms with Crippen molar-refractivity contribution in [3.63, 3.8) is 0 Å². The first-order valence-electron chi connectivity index (χ1n) is 5.50. The van der Waals surface area contributed by atoms with E-state index in [9.17, 15) is 4.39 Å². The molecule has 0 saturated carbocycles. The molecule has 1 rings (SSSR count). The number of halogens is 1. The quantitative estimate of drug-likeness (QED) is 0.658. The van der Waals surface area contributed by atoms with E-state index in [4.69, 9.17) is 0 Å². The molecule has 13 heavy (non-hydrogen) atoms. The van der Waals surface area contributed by atoms with Gasteiger partial charge in [-0.1, -0.05) is 27.2 Å². The molecular formula is C11H24FN. The smallest absolute Gasteiger partial charge is 0.136 e. The molecule has 0 aromatic heterocycles. The van der Waals surface area contributed by atoms with Crippen molar-refractivity contribution in [2.45, 2.75) is 59.2 Å². The second-order valence-electron chi connectivity index (χ2n) is 3.90. The van der Waals surface area contributed by atoms with Crippen LogP contribution in [0.5, 0.6) is 0 Å². The van der Waals surface area contributed by atoms with Gasteiger partial charge in [-0.05, 0) is 20.3 Å². The first-order valence-corrected chi connectivity index (χ1v) is 5.50. The SMILES string of the molecule is CC.CCCC1(F)CN(C(C)C)C1. The second-order valence-corrected chi connectivity index (χ2v) is 3.90. The van der Waals surface area contributed by atoms with Crippen LogP contribution < -0.4 is 0 Å². The summed E-state index contributed by atoms with van der Waals surface area (Å²) < 4.78 is 13.5. The topological polar surface area (TPSA) is 3.24 Å². The second kappa shape index (κ2) is 5.58. The van der Waals surface area contributed by atoms with Crippen LogP contribution in [0.3, 0.4) is 0 Å². The normalized spacial score (nSPS) is 20.5. The van der Waals surface area contributed by atoms with Crippen molar-refractivity contribution in [2.24, 2.45) is 0 Å². The van der Waals surface area contributed by atoms with Gasteiger partial charge in [0.1, 0.15) is 5.67 Å². The zero-order valence-electron chi connectivity index (χ0n) is 9.73. The Morgan fingerprint density at radius 2 is 1.77 bits per heavy atom. The van der Waals surface area contributed by atoms with Crippen LogP contribution >= 0.6 is 0 Å². The van der Waals surface area contributed by atoms with Crippen LogP contribution in [0.2, 0.25) is 0 Å². The van der Waals surface area contributed by atoms with Crippen LogP contribution in [0.25, 0.3) is 0 Å². The zero-order valence-corrected chi connectivity index (χ0v) is 9.73. The molecule has 2 heteroatoms. The Hall–Kier alpha value is -0.110. The predicted molar refractivity (Wildman–Crippen MR) is 56.8 cm³/mol. The highest BCUT2D eigenvalue weighted by atomic mass is 19.1. The van der Waals surface area contributed by atoms with Crippen LogP contribution in [0.4, 0.5) is 4.39 Å². The van der Waals surface area contributed by atoms with Gasteiger partial charge in [0.25, 0.3) is 0 Å². The molecule has 80 valence electrons. The van der Waals surface area contributed by atoms with Crippen LogP contribution in [-0.4, -0.2) is 29.7 Å². The average molecular weight is 189 g/mol. The maximum atomic E-state index is 13.5. The first-order chi connectivity index (χ1) is 6.07. The van der Waals surface area contributed by atoms with Crippen molar-refractivity contribution in [2.75, 3.05) is 13.1 Å². The predicted octanol–water partition coefficient (Wildman–Crippen LogP) is 3.25. The minimum absolute atomic E-state index is 0.510. The molecule has 0 radical (unpaired) electrons. The molecular weight excluding hydrogens is 165 g/mol. The summed E-state index contributed by atoms with van der Waals surface area (Å²) in [5.41, 5.74) is -0.848. The van der Waals surface area contributed by atoms with E-state index in [2.05, 4.69) is 18.7 Å². The molecule has 0 spiro atoms. The van der Waals surface area contributed by atoms with Gasteiger partial charge in [-0.15, -0.1) is 0 Å². The summed E-state index contributed by atoms with van der Waals surface area (Å²) in [5, 5.41) is 0. The fourth-order valence-corrected chi connectivity index (χ4v) is 1.65. The lowest BCUT2D eigenvalue weighted by atomic mass is 9.90. The van der Waals surface area contributed by atoms with E-state index in [1.165, 1.54) is 0 Å². The number of likely N-dealkylation sites (tertiary alicyclic amines) is 1. The molecule has 0 bridgehead atoms. The van der Waals surface area contributed by atoms with E-state index in [-0.39, 0.29) is 0 Å². The van der Waals surface area contributed by atoms with Gasteiger partial charge in [0.05, 0.1) is 0 Å². The third kappa shape index (κ3) is 3.63. The van der Waals surface area contributed by atoms with Gasteiger partial charge in [0.2, 0.25) is 0 Å². The molecule has 1 fully saturated rings.